The van der Waals surface area contributed by atoms with Crippen LogP contribution in [-0.2, 0) is 15.3 Å². The summed E-state index contributed by atoms with van der Waals surface area (Å²) in [5.74, 6) is -0.703. The number of carbonyl (C=O) groups is 1. The molecule has 1 fully saturated rings. The van der Waals surface area contributed by atoms with Gasteiger partial charge in [-0.3, -0.25) is 4.79 Å². The largest absolute Gasteiger partial charge is 0.292 e. The van der Waals surface area contributed by atoms with Gasteiger partial charge in [0.15, 0.2) is 15.6 Å². The van der Waals surface area contributed by atoms with Crippen LogP contribution in [0.3, 0.4) is 0 Å². The lowest BCUT2D eigenvalue weighted by atomic mass is 9.87. The Bertz CT molecular complexity index is 935. The van der Waals surface area contributed by atoms with Gasteiger partial charge >= 0.3 is 0 Å². The fraction of sp³-hybridized carbons (Fsp3) is 0.318. The molecule has 1 aliphatic carbocycles. The highest BCUT2D eigenvalue weighted by molar-refractivity contribution is 7.94. The molecule has 0 spiro atoms. The SMILES string of the molecule is C=CC1CC1(C(=O)c1ccccc1)S(=O)(=O)c1ccc(C(C)(C)C)cc1. The van der Waals surface area contributed by atoms with E-state index < -0.39 is 14.6 Å². The van der Waals surface area contributed by atoms with Gasteiger partial charge in [0, 0.05) is 11.5 Å². The van der Waals surface area contributed by atoms with Crippen LogP contribution in [0.5, 0.6) is 0 Å². The molecule has 4 heteroatoms. The molecular formula is C22H24O3S. The Morgan fingerprint density at radius 2 is 1.65 bits per heavy atom. The summed E-state index contributed by atoms with van der Waals surface area (Å²) in [5.41, 5.74) is 1.41. The summed E-state index contributed by atoms with van der Waals surface area (Å²) in [4.78, 5) is 13.3. The Hall–Kier alpha value is -2.20. The van der Waals surface area contributed by atoms with Crippen LogP contribution >= 0.6 is 0 Å². The van der Waals surface area contributed by atoms with E-state index >= 15 is 0 Å². The van der Waals surface area contributed by atoms with Crippen LogP contribution in [-0.4, -0.2) is 18.9 Å². The zero-order valence-corrected chi connectivity index (χ0v) is 16.2. The summed E-state index contributed by atoms with van der Waals surface area (Å²) in [7, 11) is -3.82. The van der Waals surface area contributed by atoms with Crippen molar-refractivity contribution in [3.8, 4) is 0 Å². The van der Waals surface area contributed by atoms with Crippen LogP contribution in [0.2, 0.25) is 0 Å². The number of hydrogen-bond donors (Lipinski definition) is 0. The lowest BCUT2D eigenvalue weighted by Gasteiger charge is -2.21. The first-order valence-electron chi connectivity index (χ1n) is 8.72. The molecule has 0 bridgehead atoms. The molecule has 1 saturated carbocycles. The zero-order valence-electron chi connectivity index (χ0n) is 15.4. The number of carbonyl (C=O) groups excluding carboxylic acids is 1. The highest BCUT2D eigenvalue weighted by Gasteiger charge is 2.67. The van der Waals surface area contributed by atoms with Gasteiger partial charge in [-0.15, -0.1) is 6.58 Å². The fourth-order valence-electron chi connectivity index (χ4n) is 3.41. The molecular weight excluding hydrogens is 344 g/mol. The molecule has 136 valence electrons. The third-order valence-corrected chi connectivity index (χ3v) is 7.68. The number of rotatable bonds is 5. The van der Waals surface area contributed by atoms with Crippen molar-refractivity contribution in [3.63, 3.8) is 0 Å². The highest BCUT2D eigenvalue weighted by atomic mass is 32.2. The van der Waals surface area contributed by atoms with E-state index in [9.17, 15) is 13.2 Å². The molecule has 0 N–H and O–H groups in total. The van der Waals surface area contributed by atoms with E-state index in [0.717, 1.165) is 5.56 Å². The maximum Gasteiger partial charge on any atom is 0.192 e. The minimum atomic E-state index is -3.82. The van der Waals surface area contributed by atoms with Crippen molar-refractivity contribution in [1.29, 1.82) is 0 Å². The smallest absolute Gasteiger partial charge is 0.192 e. The molecule has 2 aromatic rings. The molecule has 0 aromatic heterocycles. The molecule has 2 atom stereocenters. The topological polar surface area (TPSA) is 51.2 Å². The van der Waals surface area contributed by atoms with Crippen LogP contribution in [0, 0.1) is 5.92 Å². The second-order valence-corrected chi connectivity index (χ2v) is 10.1. The Kier molecular flexibility index (Phi) is 4.43. The van der Waals surface area contributed by atoms with Crippen LogP contribution in [0.4, 0.5) is 0 Å². The Morgan fingerprint density at radius 1 is 1.08 bits per heavy atom. The van der Waals surface area contributed by atoms with Gasteiger partial charge in [0.1, 0.15) is 4.75 Å². The molecule has 0 amide bonds. The van der Waals surface area contributed by atoms with Gasteiger partial charge < -0.3 is 0 Å². The van der Waals surface area contributed by atoms with Crippen molar-refractivity contribution in [3.05, 3.63) is 78.4 Å². The number of benzene rings is 2. The summed E-state index contributed by atoms with van der Waals surface area (Å²) in [6, 6.07) is 15.5. The molecule has 26 heavy (non-hydrogen) atoms. The van der Waals surface area contributed by atoms with Gasteiger partial charge in [0.2, 0.25) is 0 Å². The van der Waals surface area contributed by atoms with Gasteiger partial charge in [0.25, 0.3) is 0 Å². The number of hydrogen-bond acceptors (Lipinski definition) is 3. The number of allylic oxidation sites excluding steroid dienone is 1. The van der Waals surface area contributed by atoms with Crippen LogP contribution in [0.15, 0.2) is 72.1 Å². The first kappa shape index (κ1) is 18.6. The minimum Gasteiger partial charge on any atom is -0.292 e. The lowest BCUT2D eigenvalue weighted by Crippen LogP contribution is -2.35. The van der Waals surface area contributed by atoms with E-state index in [1.165, 1.54) is 0 Å². The van der Waals surface area contributed by atoms with Crippen LogP contribution in [0.25, 0.3) is 0 Å². The third kappa shape index (κ3) is 2.82. The van der Waals surface area contributed by atoms with Crippen molar-refractivity contribution in [2.75, 3.05) is 0 Å². The van der Waals surface area contributed by atoms with E-state index in [0.29, 0.717) is 5.56 Å². The predicted octanol–water partition coefficient (Wildman–Crippen LogP) is 4.59. The van der Waals surface area contributed by atoms with Crippen LogP contribution < -0.4 is 0 Å². The first-order valence-corrected chi connectivity index (χ1v) is 10.2. The third-order valence-electron chi connectivity index (χ3n) is 5.18. The van der Waals surface area contributed by atoms with Crippen molar-refractivity contribution >= 4 is 15.6 Å². The van der Waals surface area contributed by atoms with Crippen LogP contribution in [0.1, 0.15) is 43.1 Å². The van der Waals surface area contributed by atoms with Crippen molar-refractivity contribution in [1.82, 2.24) is 0 Å². The van der Waals surface area contributed by atoms with Crippen molar-refractivity contribution in [2.24, 2.45) is 5.92 Å². The fourth-order valence-corrected chi connectivity index (χ4v) is 5.58. The average molecular weight is 368 g/mol. The van der Waals surface area contributed by atoms with E-state index in [1.54, 1.807) is 48.5 Å². The second kappa shape index (κ2) is 6.20. The average Bonchev–Trinajstić information content (AvgIpc) is 3.38. The molecule has 0 saturated heterocycles. The quantitative estimate of drug-likeness (QED) is 0.573. The van der Waals surface area contributed by atoms with Crippen molar-refractivity contribution < 1.29 is 13.2 Å². The number of ketones is 1. The highest BCUT2D eigenvalue weighted by Crippen LogP contribution is 2.55. The van der Waals surface area contributed by atoms with Gasteiger partial charge in [-0.25, -0.2) is 8.42 Å². The Balaban J connectivity index is 2.06. The first-order chi connectivity index (χ1) is 12.1. The minimum absolute atomic E-state index is 0.0664. The summed E-state index contributed by atoms with van der Waals surface area (Å²) in [6.45, 7) is 9.96. The van der Waals surface area contributed by atoms with Gasteiger partial charge in [0.05, 0.1) is 4.90 Å². The Labute approximate surface area is 155 Å². The molecule has 2 aromatic carbocycles. The molecule has 2 unspecified atom stereocenters. The molecule has 0 aliphatic heterocycles. The lowest BCUT2D eigenvalue weighted by molar-refractivity contribution is 0.0974. The summed E-state index contributed by atoms with van der Waals surface area (Å²) >= 11 is 0. The zero-order chi connectivity index (χ0) is 19.2. The van der Waals surface area contributed by atoms with E-state index in [-0.39, 0.29) is 28.4 Å². The molecule has 1 aliphatic rings. The number of Topliss-reactive ketones (excluding diaryl/α,β-unsaturated/α-hetero) is 1. The van der Waals surface area contributed by atoms with Crippen molar-refractivity contribution in [2.45, 2.75) is 42.2 Å². The molecule has 0 radical (unpaired) electrons. The standard InChI is InChI=1S/C22H24O3S/c1-5-17-15-22(17,20(23)16-9-7-6-8-10-16)26(24,25)19-13-11-18(12-14-19)21(2,3)4/h5-14,17H,1,15H2,2-4H3. The number of sulfone groups is 1. The van der Waals surface area contributed by atoms with E-state index in [1.807, 2.05) is 12.1 Å². The second-order valence-electron chi connectivity index (χ2n) is 7.91. The summed E-state index contributed by atoms with van der Waals surface area (Å²) in [5, 5.41) is 0. The van der Waals surface area contributed by atoms with E-state index in [4.69, 9.17) is 0 Å². The normalized spacial score (nSPS) is 22.7. The molecule has 3 nitrogen and oxygen atoms in total. The molecule has 0 heterocycles. The van der Waals surface area contributed by atoms with Gasteiger partial charge in [-0.2, -0.15) is 0 Å². The maximum atomic E-state index is 13.4. The van der Waals surface area contributed by atoms with Gasteiger partial charge in [-0.1, -0.05) is 69.3 Å². The summed E-state index contributed by atoms with van der Waals surface area (Å²) in [6.07, 6.45) is 1.87. The van der Waals surface area contributed by atoms with Gasteiger partial charge in [-0.05, 0) is 29.5 Å². The predicted molar refractivity (Wildman–Crippen MR) is 104 cm³/mol. The maximum absolute atomic E-state index is 13.4. The molecule has 3 rings (SSSR count). The van der Waals surface area contributed by atoms with E-state index in [2.05, 4.69) is 27.4 Å². The summed E-state index contributed by atoms with van der Waals surface area (Å²) < 4.78 is 25.4. The monoisotopic (exact) mass is 368 g/mol. The Morgan fingerprint density at radius 3 is 2.12 bits per heavy atom.